The maximum absolute atomic E-state index is 11.4. The standard InChI is InChI=1S/C18H19NO2/c1-21-18(20)15-9-11-16(12-10-15)19-17(14-7-8-14)13-5-3-2-4-6-13/h2-6,9-12,14,17,19H,7-8H2,1H3. The summed E-state index contributed by atoms with van der Waals surface area (Å²) >= 11 is 0. The lowest BCUT2D eigenvalue weighted by Crippen LogP contribution is -2.13. The topological polar surface area (TPSA) is 38.3 Å². The van der Waals surface area contributed by atoms with E-state index in [1.54, 1.807) is 12.1 Å². The number of carbonyl (C=O) groups excluding carboxylic acids is 1. The molecule has 108 valence electrons. The highest BCUT2D eigenvalue weighted by Crippen LogP contribution is 2.42. The van der Waals surface area contributed by atoms with Crippen LogP contribution in [0.1, 0.15) is 34.8 Å². The van der Waals surface area contributed by atoms with Gasteiger partial charge < -0.3 is 10.1 Å². The Hall–Kier alpha value is -2.29. The van der Waals surface area contributed by atoms with Gasteiger partial charge in [0.25, 0.3) is 0 Å². The molecule has 1 aliphatic rings. The van der Waals surface area contributed by atoms with Crippen molar-refractivity contribution in [2.45, 2.75) is 18.9 Å². The molecule has 0 heterocycles. The second kappa shape index (κ2) is 6.00. The van der Waals surface area contributed by atoms with Crippen molar-refractivity contribution in [1.29, 1.82) is 0 Å². The van der Waals surface area contributed by atoms with Gasteiger partial charge in [0.2, 0.25) is 0 Å². The predicted octanol–water partition coefficient (Wildman–Crippen LogP) is 4.04. The van der Waals surface area contributed by atoms with Gasteiger partial charge in [-0.05, 0) is 48.6 Å². The van der Waals surface area contributed by atoms with Crippen molar-refractivity contribution in [3.63, 3.8) is 0 Å². The Balaban J connectivity index is 1.76. The summed E-state index contributed by atoms with van der Waals surface area (Å²) in [6.07, 6.45) is 2.54. The molecule has 3 nitrogen and oxygen atoms in total. The first kappa shape index (κ1) is 13.7. The Morgan fingerprint density at radius 3 is 2.33 bits per heavy atom. The molecule has 1 unspecified atom stereocenters. The van der Waals surface area contributed by atoms with Gasteiger partial charge in [0.05, 0.1) is 18.7 Å². The van der Waals surface area contributed by atoms with E-state index >= 15 is 0 Å². The van der Waals surface area contributed by atoms with Crippen LogP contribution in [0.15, 0.2) is 54.6 Å². The SMILES string of the molecule is COC(=O)c1ccc(NC(c2ccccc2)C2CC2)cc1. The third kappa shape index (κ3) is 3.24. The van der Waals surface area contributed by atoms with Crippen molar-refractivity contribution >= 4 is 11.7 Å². The molecule has 3 heteroatoms. The van der Waals surface area contributed by atoms with Crippen molar-refractivity contribution in [1.82, 2.24) is 0 Å². The van der Waals surface area contributed by atoms with E-state index in [4.69, 9.17) is 4.74 Å². The molecule has 1 N–H and O–H groups in total. The van der Waals surface area contributed by atoms with Gasteiger partial charge in [0.15, 0.2) is 0 Å². The molecule has 2 aromatic rings. The zero-order chi connectivity index (χ0) is 14.7. The van der Waals surface area contributed by atoms with Crippen LogP contribution >= 0.6 is 0 Å². The van der Waals surface area contributed by atoms with Crippen LogP contribution in [0.3, 0.4) is 0 Å². The lowest BCUT2D eigenvalue weighted by molar-refractivity contribution is 0.0601. The number of ether oxygens (including phenoxy) is 1. The molecule has 1 fully saturated rings. The molecular weight excluding hydrogens is 262 g/mol. The first-order chi connectivity index (χ1) is 10.3. The fraction of sp³-hybridized carbons (Fsp3) is 0.278. The van der Waals surface area contributed by atoms with Crippen LogP contribution in [0.25, 0.3) is 0 Å². The van der Waals surface area contributed by atoms with E-state index in [1.807, 2.05) is 18.2 Å². The van der Waals surface area contributed by atoms with Gasteiger partial charge in [0, 0.05) is 5.69 Å². The first-order valence-corrected chi connectivity index (χ1v) is 7.28. The predicted molar refractivity (Wildman–Crippen MR) is 83.3 cm³/mol. The van der Waals surface area contributed by atoms with Crippen LogP contribution < -0.4 is 5.32 Å². The maximum Gasteiger partial charge on any atom is 0.337 e. The minimum Gasteiger partial charge on any atom is -0.465 e. The number of rotatable bonds is 5. The first-order valence-electron chi connectivity index (χ1n) is 7.28. The molecule has 0 radical (unpaired) electrons. The molecule has 0 amide bonds. The number of nitrogens with one attached hydrogen (secondary N) is 1. The molecule has 3 rings (SSSR count). The number of anilines is 1. The number of benzene rings is 2. The van der Waals surface area contributed by atoms with E-state index in [2.05, 4.69) is 29.6 Å². The average molecular weight is 281 g/mol. The Bertz CT molecular complexity index is 603. The van der Waals surface area contributed by atoms with Gasteiger partial charge in [-0.2, -0.15) is 0 Å². The summed E-state index contributed by atoms with van der Waals surface area (Å²) in [7, 11) is 1.40. The molecule has 0 aromatic heterocycles. The summed E-state index contributed by atoms with van der Waals surface area (Å²) < 4.78 is 4.72. The second-order valence-corrected chi connectivity index (χ2v) is 5.44. The quantitative estimate of drug-likeness (QED) is 0.841. The summed E-state index contributed by atoms with van der Waals surface area (Å²) in [6, 6.07) is 18.3. The minimum absolute atomic E-state index is 0.302. The summed E-state index contributed by atoms with van der Waals surface area (Å²) in [4.78, 5) is 11.4. The molecule has 1 atom stereocenters. The molecule has 0 saturated heterocycles. The minimum atomic E-state index is -0.302. The Morgan fingerprint density at radius 1 is 1.10 bits per heavy atom. The normalized spacial score (nSPS) is 15.3. The average Bonchev–Trinajstić information content (AvgIpc) is 3.38. The monoisotopic (exact) mass is 281 g/mol. The van der Waals surface area contributed by atoms with Crippen LogP contribution in [0.4, 0.5) is 5.69 Å². The molecule has 0 bridgehead atoms. The van der Waals surface area contributed by atoms with Gasteiger partial charge >= 0.3 is 5.97 Å². The zero-order valence-corrected chi connectivity index (χ0v) is 12.1. The number of hydrogen-bond donors (Lipinski definition) is 1. The third-order valence-electron chi connectivity index (χ3n) is 3.88. The van der Waals surface area contributed by atoms with E-state index in [9.17, 15) is 4.79 Å². The van der Waals surface area contributed by atoms with Crippen molar-refractivity contribution in [3.8, 4) is 0 Å². The lowest BCUT2D eigenvalue weighted by Gasteiger charge is -2.20. The largest absolute Gasteiger partial charge is 0.465 e. The summed E-state index contributed by atoms with van der Waals surface area (Å²) in [5.41, 5.74) is 2.92. The van der Waals surface area contributed by atoms with Gasteiger partial charge in [-0.3, -0.25) is 0 Å². The Kier molecular flexibility index (Phi) is 3.91. The summed E-state index contributed by atoms with van der Waals surface area (Å²) in [5, 5.41) is 3.59. The van der Waals surface area contributed by atoms with E-state index < -0.39 is 0 Å². The number of hydrogen-bond acceptors (Lipinski definition) is 3. The number of esters is 1. The van der Waals surface area contributed by atoms with Gasteiger partial charge in [-0.15, -0.1) is 0 Å². The van der Waals surface area contributed by atoms with E-state index in [1.165, 1.54) is 25.5 Å². The van der Waals surface area contributed by atoms with Crippen LogP contribution in [0.5, 0.6) is 0 Å². The van der Waals surface area contributed by atoms with E-state index in [0.29, 0.717) is 17.5 Å². The Morgan fingerprint density at radius 2 is 1.76 bits per heavy atom. The molecule has 0 spiro atoms. The van der Waals surface area contributed by atoms with Crippen molar-refractivity contribution in [2.75, 3.05) is 12.4 Å². The molecule has 1 aliphatic carbocycles. The summed E-state index contributed by atoms with van der Waals surface area (Å²) in [6.45, 7) is 0. The molecular formula is C18H19NO2. The van der Waals surface area contributed by atoms with Crippen LogP contribution in [0.2, 0.25) is 0 Å². The highest BCUT2D eigenvalue weighted by molar-refractivity contribution is 5.89. The van der Waals surface area contributed by atoms with Crippen molar-refractivity contribution in [3.05, 3.63) is 65.7 Å². The van der Waals surface area contributed by atoms with Crippen LogP contribution in [-0.2, 0) is 4.74 Å². The summed E-state index contributed by atoms with van der Waals surface area (Å²) in [5.74, 6) is 0.399. The van der Waals surface area contributed by atoms with Gasteiger partial charge in [-0.1, -0.05) is 30.3 Å². The van der Waals surface area contributed by atoms with Gasteiger partial charge in [-0.25, -0.2) is 4.79 Å². The van der Waals surface area contributed by atoms with Crippen molar-refractivity contribution in [2.24, 2.45) is 5.92 Å². The molecule has 21 heavy (non-hydrogen) atoms. The van der Waals surface area contributed by atoms with E-state index in [-0.39, 0.29) is 5.97 Å². The van der Waals surface area contributed by atoms with Crippen LogP contribution in [0, 0.1) is 5.92 Å². The maximum atomic E-state index is 11.4. The lowest BCUT2D eigenvalue weighted by atomic mass is 10.0. The fourth-order valence-electron chi connectivity index (χ4n) is 2.56. The molecule has 1 saturated carbocycles. The smallest absolute Gasteiger partial charge is 0.337 e. The molecule has 0 aliphatic heterocycles. The number of methoxy groups -OCH3 is 1. The highest BCUT2D eigenvalue weighted by atomic mass is 16.5. The fourth-order valence-corrected chi connectivity index (χ4v) is 2.56. The zero-order valence-electron chi connectivity index (χ0n) is 12.1. The van der Waals surface area contributed by atoms with Crippen molar-refractivity contribution < 1.29 is 9.53 Å². The highest BCUT2D eigenvalue weighted by Gasteiger charge is 2.32. The van der Waals surface area contributed by atoms with Crippen LogP contribution in [-0.4, -0.2) is 13.1 Å². The number of carbonyl (C=O) groups is 1. The second-order valence-electron chi connectivity index (χ2n) is 5.44. The van der Waals surface area contributed by atoms with Gasteiger partial charge in [0.1, 0.15) is 0 Å². The Labute approximate surface area is 124 Å². The van der Waals surface area contributed by atoms with E-state index in [0.717, 1.165) is 5.69 Å². The third-order valence-corrected chi connectivity index (χ3v) is 3.88. The molecule has 2 aromatic carbocycles.